The average Bonchev–Trinajstić information content (AvgIpc) is 2.27. The van der Waals surface area contributed by atoms with Gasteiger partial charge in [-0.15, -0.1) is 0 Å². The molecule has 14 heavy (non-hydrogen) atoms. The van der Waals surface area contributed by atoms with E-state index in [0.717, 1.165) is 13.0 Å². The quantitative estimate of drug-likeness (QED) is 0.658. The molecule has 0 aliphatic carbocycles. The Bertz CT molecular complexity index is 363. The van der Waals surface area contributed by atoms with Crippen LogP contribution in [0.3, 0.4) is 0 Å². The highest BCUT2D eigenvalue weighted by molar-refractivity contribution is 5.73. The Morgan fingerprint density at radius 2 is 2.00 bits per heavy atom. The molecule has 1 aliphatic rings. The molecule has 2 rings (SSSR count). The summed E-state index contributed by atoms with van der Waals surface area (Å²) in [5.74, 6) is 0. The largest absolute Gasteiger partial charge is 0.307 e. The molecule has 1 aromatic rings. The second-order valence-electron chi connectivity index (χ2n) is 4.44. The summed E-state index contributed by atoms with van der Waals surface area (Å²) in [5, 5.41) is 3.52. The molecule has 0 aromatic heterocycles. The van der Waals surface area contributed by atoms with Crippen molar-refractivity contribution < 1.29 is 0 Å². The zero-order chi connectivity index (χ0) is 10.2. The summed E-state index contributed by atoms with van der Waals surface area (Å²) in [4.78, 5) is 0. The Morgan fingerprint density at radius 1 is 1.29 bits per heavy atom. The van der Waals surface area contributed by atoms with Crippen molar-refractivity contribution in [2.24, 2.45) is 0 Å². The molecule has 1 aliphatic heterocycles. The molecule has 0 unspecified atom stereocenters. The van der Waals surface area contributed by atoms with E-state index in [1.807, 2.05) is 0 Å². The molecule has 1 heteroatoms. The monoisotopic (exact) mass is 187 g/mol. The standard InChI is InChI=1S/C13H17N/c1-10-12-7-5-4-6-11(12)8-9-14-13(10,2)3/h4-7,14H,1,8-9H2,2-3H3. The Balaban J connectivity index is 2.51. The molecule has 1 N–H and O–H groups in total. The molecule has 0 bridgehead atoms. The van der Waals surface area contributed by atoms with Gasteiger partial charge in [0.15, 0.2) is 0 Å². The van der Waals surface area contributed by atoms with E-state index in [-0.39, 0.29) is 5.54 Å². The molecule has 0 atom stereocenters. The lowest BCUT2D eigenvalue weighted by atomic mass is 9.88. The second kappa shape index (κ2) is 3.25. The van der Waals surface area contributed by atoms with Crippen LogP contribution in [0.15, 0.2) is 30.8 Å². The summed E-state index contributed by atoms with van der Waals surface area (Å²) in [6, 6.07) is 8.56. The molecule has 1 heterocycles. The molecule has 0 amide bonds. The fraction of sp³-hybridized carbons (Fsp3) is 0.385. The lowest BCUT2D eigenvalue weighted by molar-refractivity contribution is 0.502. The fourth-order valence-corrected chi connectivity index (χ4v) is 1.99. The van der Waals surface area contributed by atoms with Crippen molar-refractivity contribution >= 4 is 5.57 Å². The van der Waals surface area contributed by atoms with E-state index in [0.29, 0.717) is 0 Å². The minimum Gasteiger partial charge on any atom is -0.307 e. The predicted octanol–water partition coefficient (Wildman–Crippen LogP) is 2.62. The predicted molar refractivity (Wildman–Crippen MR) is 61.3 cm³/mol. The van der Waals surface area contributed by atoms with Gasteiger partial charge in [0.2, 0.25) is 0 Å². The van der Waals surface area contributed by atoms with Crippen LogP contribution in [-0.2, 0) is 6.42 Å². The maximum absolute atomic E-state index is 4.21. The second-order valence-corrected chi connectivity index (χ2v) is 4.44. The van der Waals surface area contributed by atoms with E-state index in [9.17, 15) is 0 Å². The van der Waals surface area contributed by atoms with Gasteiger partial charge in [-0.25, -0.2) is 0 Å². The van der Waals surface area contributed by atoms with Crippen molar-refractivity contribution in [1.82, 2.24) is 5.32 Å². The Labute approximate surface area is 85.8 Å². The van der Waals surface area contributed by atoms with Crippen molar-refractivity contribution in [2.45, 2.75) is 25.8 Å². The summed E-state index contributed by atoms with van der Waals surface area (Å²) in [6.45, 7) is 9.62. The Morgan fingerprint density at radius 3 is 2.79 bits per heavy atom. The van der Waals surface area contributed by atoms with Crippen LogP contribution in [0, 0.1) is 0 Å². The number of benzene rings is 1. The summed E-state index contributed by atoms with van der Waals surface area (Å²) in [7, 11) is 0. The van der Waals surface area contributed by atoms with E-state index in [1.165, 1.54) is 16.7 Å². The topological polar surface area (TPSA) is 12.0 Å². The van der Waals surface area contributed by atoms with Gasteiger partial charge < -0.3 is 5.32 Å². The number of hydrogen-bond acceptors (Lipinski definition) is 1. The fourth-order valence-electron chi connectivity index (χ4n) is 1.99. The summed E-state index contributed by atoms with van der Waals surface area (Å²) < 4.78 is 0. The zero-order valence-electron chi connectivity index (χ0n) is 8.93. The van der Waals surface area contributed by atoms with Crippen molar-refractivity contribution in [1.29, 1.82) is 0 Å². The van der Waals surface area contributed by atoms with Crippen LogP contribution in [0.25, 0.3) is 5.57 Å². The van der Waals surface area contributed by atoms with Gasteiger partial charge in [-0.2, -0.15) is 0 Å². The molecule has 0 radical (unpaired) electrons. The third-order valence-corrected chi connectivity index (χ3v) is 3.06. The highest BCUT2D eigenvalue weighted by atomic mass is 15.0. The van der Waals surface area contributed by atoms with Crippen LogP contribution in [0.1, 0.15) is 25.0 Å². The zero-order valence-corrected chi connectivity index (χ0v) is 8.93. The van der Waals surface area contributed by atoms with Crippen molar-refractivity contribution in [3.05, 3.63) is 42.0 Å². The average molecular weight is 187 g/mol. The number of nitrogens with one attached hydrogen (secondary N) is 1. The van der Waals surface area contributed by atoms with Crippen molar-refractivity contribution in [3.63, 3.8) is 0 Å². The van der Waals surface area contributed by atoms with Crippen LogP contribution >= 0.6 is 0 Å². The van der Waals surface area contributed by atoms with Crippen LogP contribution in [-0.4, -0.2) is 12.1 Å². The molecule has 1 nitrogen and oxygen atoms in total. The maximum Gasteiger partial charge on any atom is 0.0377 e. The third kappa shape index (κ3) is 1.48. The maximum atomic E-state index is 4.21. The first-order valence-electron chi connectivity index (χ1n) is 5.14. The molecular weight excluding hydrogens is 170 g/mol. The summed E-state index contributed by atoms with van der Waals surface area (Å²) in [6.07, 6.45) is 1.10. The number of fused-ring (bicyclic) bond motifs is 1. The lowest BCUT2D eigenvalue weighted by Gasteiger charge is -2.27. The molecule has 0 saturated carbocycles. The van der Waals surface area contributed by atoms with Crippen molar-refractivity contribution in [3.8, 4) is 0 Å². The van der Waals surface area contributed by atoms with E-state index < -0.39 is 0 Å². The van der Waals surface area contributed by atoms with Crippen LogP contribution in [0.5, 0.6) is 0 Å². The van der Waals surface area contributed by atoms with Gasteiger partial charge in [0, 0.05) is 12.1 Å². The molecule has 74 valence electrons. The molecule has 0 saturated heterocycles. The molecule has 1 aromatic carbocycles. The Kier molecular flexibility index (Phi) is 2.20. The minimum absolute atomic E-state index is 0.0204. The van der Waals surface area contributed by atoms with Gasteiger partial charge in [-0.1, -0.05) is 30.8 Å². The van der Waals surface area contributed by atoms with E-state index in [1.54, 1.807) is 0 Å². The van der Waals surface area contributed by atoms with Crippen LogP contribution in [0.4, 0.5) is 0 Å². The third-order valence-electron chi connectivity index (χ3n) is 3.06. The van der Waals surface area contributed by atoms with E-state index in [4.69, 9.17) is 0 Å². The number of hydrogen-bond donors (Lipinski definition) is 1. The van der Waals surface area contributed by atoms with Gasteiger partial charge in [0.05, 0.1) is 0 Å². The van der Waals surface area contributed by atoms with Gasteiger partial charge >= 0.3 is 0 Å². The first kappa shape index (κ1) is 9.47. The molecular formula is C13H17N. The lowest BCUT2D eigenvalue weighted by Crippen LogP contribution is -2.39. The highest BCUT2D eigenvalue weighted by Crippen LogP contribution is 2.30. The molecule has 0 fully saturated rings. The molecule has 0 spiro atoms. The van der Waals surface area contributed by atoms with Gasteiger partial charge in [-0.05, 0) is 37.0 Å². The summed E-state index contributed by atoms with van der Waals surface area (Å²) >= 11 is 0. The van der Waals surface area contributed by atoms with Gasteiger partial charge in [-0.3, -0.25) is 0 Å². The first-order valence-corrected chi connectivity index (χ1v) is 5.14. The Hall–Kier alpha value is -1.08. The SMILES string of the molecule is C=C1c2ccccc2CCNC1(C)C. The first-order chi connectivity index (χ1) is 6.61. The highest BCUT2D eigenvalue weighted by Gasteiger charge is 2.25. The van der Waals surface area contributed by atoms with Gasteiger partial charge in [0.25, 0.3) is 0 Å². The minimum atomic E-state index is 0.0204. The van der Waals surface area contributed by atoms with E-state index in [2.05, 4.69) is 50.0 Å². The van der Waals surface area contributed by atoms with Gasteiger partial charge in [0.1, 0.15) is 0 Å². The van der Waals surface area contributed by atoms with Crippen molar-refractivity contribution in [2.75, 3.05) is 6.54 Å². The van der Waals surface area contributed by atoms with Crippen LogP contribution < -0.4 is 5.32 Å². The van der Waals surface area contributed by atoms with Crippen LogP contribution in [0.2, 0.25) is 0 Å². The normalized spacial score (nSPS) is 20.0. The van der Waals surface area contributed by atoms with E-state index >= 15 is 0 Å². The smallest absolute Gasteiger partial charge is 0.0377 e. The summed E-state index contributed by atoms with van der Waals surface area (Å²) in [5.41, 5.74) is 3.95. The number of rotatable bonds is 0.